The van der Waals surface area contributed by atoms with Crippen LogP contribution in [0.2, 0.25) is 0 Å². The molecule has 0 unspecified atom stereocenters. The predicted molar refractivity (Wildman–Crippen MR) is 118 cm³/mol. The number of halogens is 2. The van der Waals surface area contributed by atoms with Gasteiger partial charge in [-0.25, -0.2) is 27.2 Å². The third-order valence-electron chi connectivity index (χ3n) is 6.02. The van der Waals surface area contributed by atoms with E-state index < -0.39 is 32.2 Å². The average molecular weight is 475 g/mol. The van der Waals surface area contributed by atoms with Crippen LogP contribution in [0.25, 0.3) is 0 Å². The van der Waals surface area contributed by atoms with Gasteiger partial charge in [-0.05, 0) is 50.8 Å². The molecule has 1 fully saturated rings. The summed E-state index contributed by atoms with van der Waals surface area (Å²) in [5, 5.41) is 0. The molecule has 0 spiro atoms. The fourth-order valence-electron chi connectivity index (χ4n) is 4.36. The quantitative estimate of drug-likeness (QED) is 0.554. The number of nitrogens with one attached hydrogen (secondary N) is 1. The van der Waals surface area contributed by atoms with Gasteiger partial charge in [-0.2, -0.15) is 0 Å². The van der Waals surface area contributed by atoms with Crippen molar-refractivity contribution in [2.75, 3.05) is 4.72 Å². The van der Waals surface area contributed by atoms with Crippen molar-refractivity contribution < 1.29 is 21.9 Å². The second kappa shape index (κ2) is 9.01. The first-order chi connectivity index (χ1) is 15.7. The van der Waals surface area contributed by atoms with Crippen molar-refractivity contribution in [3.8, 4) is 5.75 Å². The molecule has 1 aliphatic carbocycles. The first kappa shape index (κ1) is 23.0. The Kier molecular flexibility index (Phi) is 6.29. The zero-order chi connectivity index (χ0) is 23.6. The lowest BCUT2D eigenvalue weighted by molar-refractivity contribution is 0.0218. The number of hydrogen-bond donors (Lipinski definition) is 1. The van der Waals surface area contributed by atoms with Crippen molar-refractivity contribution in [1.29, 1.82) is 0 Å². The van der Waals surface area contributed by atoms with Crippen LogP contribution in [0.4, 0.5) is 14.6 Å². The Balaban J connectivity index is 1.64. The number of aromatic nitrogens is 3. The van der Waals surface area contributed by atoms with Crippen molar-refractivity contribution in [3.63, 3.8) is 0 Å². The Morgan fingerprint density at radius 3 is 2.67 bits per heavy atom. The molecule has 1 aliphatic rings. The molecule has 0 bridgehead atoms. The first-order valence-corrected chi connectivity index (χ1v) is 12.1. The van der Waals surface area contributed by atoms with E-state index in [4.69, 9.17) is 4.74 Å². The topological polar surface area (TPSA) is 94.1 Å². The lowest BCUT2D eigenvalue weighted by atomic mass is 9.72. The molecule has 7 nitrogen and oxygen atoms in total. The number of pyridine rings is 1. The van der Waals surface area contributed by atoms with Crippen molar-refractivity contribution in [1.82, 2.24) is 15.0 Å². The molecule has 0 saturated heterocycles. The fraction of sp³-hybridized carbons (Fsp3) is 0.348. The number of benzene rings is 1. The molecule has 3 aromatic rings. The second-order valence-corrected chi connectivity index (χ2v) is 9.96. The van der Waals surface area contributed by atoms with Crippen molar-refractivity contribution in [3.05, 3.63) is 71.9 Å². The molecule has 1 aromatic carbocycles. The highest BCUT2D eigenvalue weighted by molar-refractivity contribution is 7.92. The number of aryl methyl sites for hydroxylation is 1. The van der Waals surface area contributed by atoms with Crippen LogP contribution in [0.3, 0.4) is 0 Å². The second-order valence-electron chi connectivity index (χ2n) is 8.30. The van der Waals surface area contributed by atoms with E-state index in [2.05, 4.69) is 19.7 Å². The average Bonchev–Trinajstić information content (AvgIpc) is 2.77. The summed E-state index contributed by atoms with van der Waals surface area (Å²) < 4.78 is 63.3. The van der Waals surface area contributed by atoms with Crippen LogP contribution in [0.1, 0.15) is 49.8 Å². The number of sulfonamides is 1. The van der Waals surface area contributed by atoms with Gasteiger partial charge < -0.3 is 4.74 Å². The molecular weight excluding hydrogens is 450 g/mol. The number of rotatable bonds is 6. The number of anilines is 1. The van der Waals surface area contributed by atoms with Gasteiger partial charge in [0.15, 0.2) is 11.6 Å². The maximum Gasteiger partial charge on any atom is 0.266 e. The molecule has 0 aliphatic heterocycles. The zero-order valence-corrected chi connectivity index (χ0v) is 19.1. The van der Waals surface area contributed by atoms with E-state index >= 15 is 4.39 Å². The van der Waals surface area contributed by atoms with E-state index in [-0.39, 0.29) is 17.5 Å². The minimum Gasteiger partial charge on any atom is -0.484 e. The van der Waals surface area contributed by atoms with Gasteiger partial charge in [0.25, 0.3) is 10.0 Å². The minimum absolute atomic E-state index is 0.0606. The Bertz CT molecular complexity index is 1260. The zero-order valence-electron chi connectivity index (χ0n) is 18.3. The summed E-state index contributed by atoms with van der Waals surface area (Å²) in [6.45, 7) is 3.79. The van der Waals surface area contributed by atoms with E-state index in [9.17, 15) is 12.8 Å². The summed E-state index contributed by atoms with van der Waals surface area (Å²) in [6.07, 6.45) is 7.50. The lowest BCUT2D eigenvalue weighted by Crippen LogP contribution is -2.42. The fourth-order valence-corrected chi connectivity index (χ4v) is 5.45. The van der Waals surface area contributed by atoms with Crippen LogP contribution in [-0.2, 0) is 10.0 Å². The van der Waals surface area contributed by atoms with Gasteiger partial charge in [-0.3, -0.25) is 9.71 Å². The lowest BCUT2D eigenvalue weighted by Gasteiger charge is -2.42. The molecule has 4 rings (SSSR count). The van der Waals surface area contributed by atoms with Gasteiger partial charge in [0.05, 0.1) is 0 Å². The highest BCUT2D eigenvalue weighted by atomic mass is 32.2. The molecule has 10 heteroatoms. The molecule has 2 atom stereocenters. The third-order valence-corrected chi connectivity index (χ3v) is 7.39. The Morgan fingerprint density at radius 1 is 1.12 bits per heavy atom. The molecule has 174 valence electrons. The Morgan fingerprint density at radius 2 is 1.94 bits per heavy atom. The molecule has 33 heavy (non-hydrogen) atoms. The number of nitrogens with zero attached hydrogens (tertiary/aromatic N) is 3. The third kappa shape index (κ3) is 4.80. The maximum absolute atomic E-state index is 15.0. The maximum atomic E-state index is 15.0. The number of hydrogen-bond acceptors (Lipinski definition) is 6. The first-order valence-electron chi connectivity index (χ1n) is 10.6. The van der Waals surface area contributed by atoms with Crippen LogP contribution in [0, 0.1) is 18.6 Å². The summed E-state index contributed by atoms with van der Waals surface area (Å²) in [5.74, 6) is -2.54. The van der Waals surface area contributed by atoms with Gasteiger partial charge in [0, 0.05) is 36.1 Å². The standard InChI is InChI=1S/C23H24F2N4O3S/c1-15-16(6-5-10-27-15)17-7-3-4-9-23(17,2)32-20-12-19(25)21(13-18(20)24)33(30,31)29-22-8-11-26-14-28-22/h5-6,8,10-14,17H,3-4,7,9H2,1-2H3,(H,26,28,29)/t17-,23+/m1/s1. The van der Waals surface area contributed by atoms with E-state index in [0.717, 1.165) is 42.9 Å². The van der Waals surface area contributed by atoms with E-state index in [1.54, 1.807) is 6.20 Å². The van der Waals surface area contributed by atoms with Gasteiger partial charge in [0.1, 0.15) is 28.5 Å². The molecular formula is C23H24F2N4O3S. The molecule has 0 radical (unpaired) electrons. The Hall–Kier alpha value is -3.14. The van der Waals surface area contributed by atoms with Crippen molar-refractivity contribution in [2.45, 2.75) is 55.9 Å². The minimum atomic E-state index is -4.41. The van der Waals surface area contributed by atoms with Crippen LogP contribution in [0.15, 0.2) is 53.9 Å². The number of ether oxygens (including phenoxy) is 1. The largest absolute Gasteiger partial charge is 0.484 e. The van der Waals surface area contributed by atoms with Gasteiger partial charge in [0.2, 0.25) is 0 Å². The van der Waals surface area contributed by atoms with Gasteiger partial charge in [-0.15, -0.1) is 0 Å². The highest BCUT2D eigenvalue weighted by Gasteiger charge is 2.41. The summed E-state index contributed by atoms with van der Waals surface area (Å²) in [4.78, 5) is 11.0. The predicted octanol–water partition coefficient (Wildman–Crippen LogP) is 4.75. The molecule has 0 amide bonds. The molecule has 2 aromatic heterocycles. The smallest absolute Gasteiger partial charge is 0.266 e. The van der Waals surface area contributed by atoms with Crippen LogP contribution >= 0.6 is 0 Å². The van der Waals surface area contributed by atoms with Crippen molar-refractivity contribution >= 4 is 15.8 Å². The van der Waals surface area contributed by atoms with Crippen LogP contribution in [0.5, 0.6) is 5.75 Å². The van der Waals surface area contributed by atoms with Crippen molar-refractivity contribution in [2.24, 2.45) is 0 Å². The van der Waals surface area contributed by atoms with E-state index in [0.29, 0.717) is 12.5 Å². The van der Waals surface area contributed by atoms with E-state index in [1.807, 2.05) is 26.0 Å². The SMILES string of the molecule is Cc1ncccc1[C@H]1CCCC[C@]1(C)Oc1cc(F)c(S(=O)(=O)Nc2ccncn2)cc1F. The normalized spacial score (nSPS) is 20.9. The monoisotopic (exact) mass is 474 g/mol. The molecule has 1 N–H and O–H groups in total. The molecule has 1 saturated carbocycles. The van der Waals surface area contributed by atoms with E-state index in [1.165, 1.54) is 12.3 Å². The summed E-state index contributed by atoms with van der Waals surface area (Å²) in [5.41, 5.74) is 1.07. The van der Waals surface area contributed by atoms with Crippen LogP contribution < -0.4 is 9.46 Å². The van der Waals surface area contributed by atoms with Gasteiger partial charge in [-0.1, -0.05) is 12.5 Å². The van der Waals surface area contributed by atoms with Gasteiger partial charge >= 0.3 is 0 Å². The Labute approximate surface area is 191 Å². The summed E-state index contributed by atoms with van der Waals surface area (Å²) in [6, 6.07) is 6.54. The summed E-state index contributed by atoms with van der Waals surface area (Å²) in [7, 11) is -4.41. The summed E-state index contributed by atoms with van der Waals surface area (Å²) >= 11 is 0. The highest BCUT2D eigenvalue weighted by Crippen LogP contribution is 2.45. The van der Waals surface area contributed by atoms with Crippen LogP contribution in [-0.4, -0.2) is 29.0 Å². The molecule has 2 heterocycles.